The van der Waals surface area contributed by atoms with Crippen molar-refractivity contribution in [3.05, 3.63) is 52.2 Å². The lowest BCUT2D eigenvalue weighted by Crippen LogP contribution is -2.09. The molecule has 0 spiro atoms. The van der Waals surface area contributed by atoms with E-state index in [0.717, 1.165) is 12.1 Å². The molecule has 3 rings (SSSR count). The highest BCUT2D eigenvalue weighted by Gasteiger charge is 2.32. The van der Waals surface area contributed by atoms with Gasteiger partial charge in [0.1, 0.15) is 23.2 Å². The maximum Gasteiger partial charge on any atom is 0.416 e. The van der Waals surface area contributed by atoms with Crippen molar-refractivity contribution in [2.75, 3.05) is 18.2 Å². The van der Waals surface area contributed by atoms with Gasteiger partial charge in [-0.05, 0) is 19.1 Å². The topological polar surface area (TPSA) is 65.1 Å². The Morgan fingerprint density at radius 2 is 1.70 bits per heavy atom. The number of alkyl halides is 3. The maximum atomic E-state index is 14.7. The van der Waals surface area contributed by atoms with Gasteiger partial charge in [0, 0.05) is 19.2 Å². The maximum absolute atomic E-state index is 14.7. The highest BCUT2D eigenvalue weighted by Crippen LogP contribution is 2.42. The molecule has 0 aliphatic rings. The molecule has 0 aliphatic heterocycles. The second-order valence-corrected chi connectivity index (χ2v) is 6.85. The fourth-order valence-corrected chi connectivity index (χ4v) is 3.32. The predicted molar refractivity (Wildman–Crippen MR) is 104 cm³/mol. The number of hydrogen-bond donors (Lipinski definition) is 2. The van der Waals surface area contributed by atoms with Crippen LogP contribution in [0.4, 0.5) is 39.1 Å². The first-order valence-electron chi connectivity index (χ1n) is 8.44. The normalized spacial score (nSPS) is 11.6. The number of methoxy groups -OCH3 is 1. The third-order valence-corrected chi connectivity index (χ3v) is 4.71. The summed E-state index contributed by atoms with van der Waals surface area (Å²) in [7, 11) is 2.76. The van der Waals surface area contributed by atoms with E-state index >= 15 is 0 Å². The predicted octanol–water partition coefficient (Wildman–Crippen LogP) is 5.68. The molecule has 0 radical (unpaired) electrons. The van der Waals surface area contributed by atoms with Crippen LogP contribution < -0.4 is 15.8 Å². The van der Waals surface area contributed by atoms with Gasteiger partial charge < -0.3 is 15.8 Å². The van der Waals surface area contributed by atoms with Crippen LogP contribution in [0.15, 0.2) is 24.3 Å². The summed E-state index contributed by atoms with van der Waals surface area (Å²) in [5.74, 6) is -1.74. The number of nitrogen functional groups attached to an aromatic ring is 1. The largest absolute Gasteiger partial charge is 0.497 e. The van der Waals surface area contributed by atoms with Crippen molar-refractivity contribution in [3.63, 3.8) is 0 Å². The van der Waals surface area contributed by atoms with Crippen LogP contribution in [0.3, 0.4) is 0 Å². The summed E-state index contributed by atoms with van der Waals surface area (Å²) in [5, 5.41) is 6.60. The first kappa shape index (κ1) is 21.7. The molecule has 0 amide bonds. The van der Waals surface area contributed by atoms with E-state index in [1.54, 1.807) is 0 Å². The second-order valence-electron chi connectivity index (χ2n) is 6.44. The van der Waals surface area contributed by atoms with E-state index in [1.807, 2.05) is 0 Å². The van der Waals surface area contributed by atoms with Gasteiger partial charge in [-0.3, -0.25) is 4.68 Å². The Kier molecular flexibility index (Phi) is 5.55. The van der Waals surface area contributed by atoms with Gasteiger partial charge in [0.05, 0.1) is 45.9 Å². The van der Waals surface area contributed by atoms with Crippen molar-refractivity contribution < 1.29 is 26.7 Å². The van der Waals surface area contributed by atoms with Crippen LogP contribution in [-0.2, 0) is 13.2 Å². The van der Waals surface area contributed by atoms with Crippen LogP contribution in [0.2, 0.25) is 5.02 Å². The van der Waals surface area contributed by atoms with E-state index in [4.69, 9.17) is 22.1 Å². The summed E-state index contributed by atoms with van der Waals surface area (Å²) in [6.07, 6.45) is -4.64. The summed E-state index contributed by atoms with van der Waals surface area (Å²) < 4.78 is 74.4. The lowest BCUT2D eigenvalue weighted by atomic mass is 10.0. The summed E-state index contributed by atoms with van der Waals surface area (Å²) in [6, 6.07) is 3.44. The van der Waals surface area contributed by atoms with Crippen molar-refractivity contribution in [2.45, 2.75) is 13.1 Å². The molecule has 160 valence electrons. The van der Waals surface area contributed by atoms with Crippen LogP contribution in [0.1, 0.15) is 11.3 Å². The Morgan fingerprint density at radius 1 is 1.10 bits per heavy atom. The number of nitrogens with zero attached hydrogens (tertiary/aromatic N) is 2. The lowest BCUT2D eigenvalue weighted by molar-refractivity contribution is -0.137. The van der Waals surface area contributed by atoms with E-state index in [0.29, 0.717) is 12.1 Å². The summed E-state index contributed by atoms with van der Waals surface area (Å²) >= 11 is 6.01. The minimum atomic E-state index is -4.64. The number of rotatable bonds is 4. The van der Waals surface area contributed by atoms with E-state index < -0.39 is 23.4 Å². The zero-order valence-corrected chi connectivity index (χ0v) is 16.7. The minimum Gasteiger partial charge on any atom is -0.497 e. The van der Waals surface area contributed by atoms with Gasteiger partial charge in [0.2, 0.25) is 0 Å². The highest BCUT2D eigenvalue weighted by atomic mass is 35.5. The number of hydrogen-bond acceptors (Lipinski definition) is 4. The van der Waals surface area contributed by atoms with Crippen LogP contribution in [0.5, 0.6) is 5.75 Å². The number of nitrogens with two attached hydrogens (primary N) is 1. The number of ether oxygens (including phenoxy) is 1. The molecule has 3 N–H and O–H groups in total. The van der Waals surface area contributed by atoms with Gasteiger partial charge >= 0.3 is 6.18 Å². The molecular weight excluding hydrogens is 431 g/mol. The third kappa shape index (κ3) is 3.87. The number of halogens is 6. The van der Waals surface area contributed by atoms with Crippen molar-refractivity contribution >= 4 is 28.8 Å². The molecule has 3 aromatic rings. The third-order valence-electron chi connectivity index (χ3n) is 4.41. The molecule has 0 bridgehead atoms. The molecule has 11 heteroatoms. The molecule has 0 fully saturated rings. The molecule has 5 nitrogen and oxygen atoms in total. The molecule has 0 atom stereocenters. The van der Waals surface area contributed by atoms with E-state index in [9.17, 15) is 22.0 Å². The lowest BCUT2D eigenvalue weighted by Gasteiger charge is -2.16. The van der Waals surface area contributed by atoms with Crippen LogP contribution in [0, 0.1) is 18.6 Å². The quantitative estimate of drug-likeness (QED) is 0.400. The van der Waals surface area contributed by atoms with Gasteiger partial charge in [0.25, 0.3) is 0 Å². The van der Waals surface area contributed by atoms with Crippen molar-refractivity contribution in [1.82, 2.24) is 9.78 Å². The monoisotopic (exact) mass is 446 g/mol. The Hall–Kier alpha value is -3.01. The molecule has 0 unspecified atom stereocenters. The number of benzene rings is 2. The molecule has 1 aromatic heterocycles. The van der Waals surface area contributed by atoms with Gasteiger partial charge in [-0.15, -0.1) is 0 Å². The fraction of sp³-hybridized carbons (Fsp3) is 0.211. The van der Waals surface area contributed by atoms with Crippen LogP contribution in [0.25, 0.3) is 11.1 Å². The standard InChI is InChI=1S/C19H16ClF5N4O/c1-8-15(16-12(21)6-10(30-3)7-13(16)22)18(29(2)28-8)27-17-11(20)4-9(5-14(17)26)19(23,24)25/h4-7,27H,26H2,1-3H3. The molecule has 30 heavy (non-hydrogen) atoms. The Labute approximate surface area is 173 Å². The first-order valence-corrected chi connectivity index (χ1v) is 8.82. The number of aryl methyl sites for hydroxylation is 2. The fourth-order valence-electron chi connectivity index (χ4n) is 3.05. The Balaban J connectivity index is 2.16. The van der Waals surface area contributed by atoms with Gasteiger partial charge in [-0.2, -0.15) is 18.3 Å². The Bertz CT molecular complexity index is 1080. The van der Waals surface area contributed by atoms with E-state index in [1.165, 1.54) is 25.8 Å². The van der Waals surface area contributed by atoms with Gasteiger partial charge in [-0.1, -0.05) is 11.6 Å². The number of anilines is 3. The smallest absolute Gasteiger partial charge is 0.416 e. The zero-order valence-electron chi connectivity index (χ0n) is 16.0. The van der Waals surface area contributed by atoms with E-state index in [-0.39, 0.29) is 44.8 Å². The molecular formula is C19H16ClF5N4O. The van der Waals surface area contributed by atoms with Crippen LogP contribution >= 0.6 is 11.6 Å². The first-order chi connectivity index (χ1) is 13.9. The average Bonchev–Trinajstić information content (AvgIpc) is 2.90. The summed E-state index contributed by atoms with van der Waals surface area (Å²) in [6.45, 7) is 1.53. The number of nitrogens with one attached hydrogen (secondary N) is 1. The molecule has 2 aromatic carbocycles. The average molecular weight is 447 g/mol. The van der Waals surface area contributed by atoms with Crippen molar-refractivity contribution in [2.24, 2.45) is 7.05 Å². The second kappa shape index (κ2) is 7.67. The van der Waals surface area contributed by atoms with E-state index in [2.05, 4.69) is 10.4 Å². The Morgan fingerprint density at radius 3 is 2.20 bits per heavy atom. The van der Waals surface area contributed by atoms with Crippen molar-refractivity contribution in [3.8, 4) is 16.9 Å². The molecule has 0 saturated heterocycles. The summed E-state index contributed by atoms with van der Waals surface area (Å²) in [4.78, 5) is 0. The summed E-state index contributed by atoms with van der Waals surface area (Å²) in [5.41, 5.74) is 4.34. The van der Waals surface area contributed by atoms with Gasteiger partial charge in [-0.25, -0.2) is 8.78 Å². The van der Waals surface area contributed by atoms with Crippen LogP contribution in [-0.4, -0.2) is 16.9 Å². The molecule has 0 aliphatic carbocycles. The van der Waals surface area contributed by atoms with Gasteiger partial charge in [0.15, 0.2) is 0 Å². The zero-order chi connectivity index (χ0) is 22.4. The SMILES string of the molecule is COc1cc(F)c(-c2c(C)nn(C)c2Nc2c(N)cc(C(F)(F)F)cc2Cl)c(F)c1. The highest BCUT2D eigenvalue weighted by molar-refractivity contribution is 6.34. The van der Waals surface area contributed by atoms with Crippen molar-refractivity contribution in [1.29, 1.82) is 0 Å². The number of aromatic nitrogens is 2. The molecule has 1 heterocycles. The minimum absolute atomic E-state index is 0.0140. The molecule has 0 saturated carbocycles.